The molecule has 1 fully saturated rings. The van der Waals surface area contributed by atoms with Crippen LogP contribution in [0.5, 0.6) is 0 Å². The minimum Gasteiger partial charge on any atom is -0.355 e. The lowest BCUT2D eigenvalue weighted by Crippen LogP contribution is -2.38. The maximum atomic E-state index is 12.6. The first-order valence-electron chi connectivity index (χ1n) is 8.90. The van der Waals surface area contributed by atoms with E-state index in [4.69, 9.17) is 0 Å². The summed E-state index contributed by atoms with van der Waals surface area (Å²) in [5.74, 6) is 0.988. The second kappa shape index (κ2) is 7.07. The molecule has 1 aliphatic heterocycles. The topological polar surface area (TPSA) is 71.0 Å². The Morgan fingerprint density at radius 1 is 1.15 bits per heavy atom. The van der Waals surface area contributed by atoms with Crippen molar-refractivity contribution in [2.45, 2.75) is 19.8 Å². The van der Waals surface area contributed by atoms with Crippen LogP contribution in [0.15, 0.2) is 48.7 Å². The summed E-state index contributed by atoms with van der Waals surface area (Å²) >= 11 is 0. The van der Waals surface area contributed by atoms with Crippen LogP contribution >= 0.6 is 0 Å². The van der Waals surface area contributed by atoms with Gasteiger partial charge in [-0.3, -0.25) is 9.78 Å². The Morgan fingerprint density at radius 3 is 2.77 bits per heavy atom. The normalized spacial score (nSPS) is 15.2. The standard InChI is InChI=1S/C20H21N5O/c1-14-4-5-16-13-17(6-7-18(16)22-14)23-20(26)15-8-11-25(12-9-15)19-3-2-10-21-24-19/h2-7,10,13,15H,8-9,11-12H2,1H3,(H,23,26). The van der Waals surface area contributed by atoms with Crippen LogP contribution in [0.4, 0.5) is 11.5 Å². The van der Waals surface area contributed by atoms with Gasteiger partial charge in [0, 0.05) is 42.0 Å². The number of carbonyl (C=O) groups excluding carboxylic acids is 1. The average molecular weight is 347 g/mol. The molecule has 0 aliphatic carbocycles. The Kier molecular flexibility index (Phi) is 4.48. The van der Waals surface area contributed by atoms with E-state index in [0.29, 0.717) is 0 Å². The average Bonchev–Trinajstić information content (AvgIpc) is 2.69. The molecule has 4 rings (SSSR count). The first kappa shape index (κ1) is 16.4. The number of amides is 1. The van der Waals surface area contributed by atoms with Gasteiger partial charge < -0.3 is 10.2 Å². The van der Waals surface area contributed by atoms with E-state index in [0.717, 1.165) is 54.0 Å². The summed E-state index contributed by atoms with van der Waals surface area (Å²) in [5, 5.41) is 12.2. The van der Waals surface area contributed by atoms with E-state index in [9.17, 15) is 4.79 Å². The summed E-state index contributed by atoms with van der Waals surface area (Å²) in [5.41, 5.74) is 2.76. The summed E-state index contributed by atoms with van der Waals surface area (Å²) in [6.45, 7) is 3.61. The molecule has 1 aliphatic rings. The van der Waals surface area contributed by atoms with Crippen molar-refractivity contribution in [1.82, 2.24) is 15.2 Å². The third-order valence-corrected chi connectivity index (χ3v) is 4.84. The highest BCUT2D eigenvalue weighted by molar-refractivity contribution is 5.95. The van der Waals surface area contributed by atoms with Crippen molar-refractivity contribution in [3.05, 3.63) is 54.4 Å². The SMILES string of the molecule is Cc1ccc2cc(NC(=O)C3CCN(c4cccnn4)CC3)ccc2n1. The minimum absolute atomic E-state index is 0.0229. The Balaban J connectivity index is 1.39. The van der Waals surface area contributed by atoms with Gasteiger partial charge in [-0.2, -0.15) is 5.10 Å². The van der Waals surface area contributed by atoms with Crippen LogP contribution in [0.1, 0.15) is 18.5 Å². The lowest BCUT2D eigenvalue weighted by molar-refractivity contribution is -0.120. The number of anilines is 2. The number of hydrogen-bond donors (Lipinski definition) is 1. The van der Waals surface area contributed by atoms with E-state index in [1.165, 1.54) is 0 Å². The van der Waals surface area contributed by atoms with Crippen LogP contribution in [-0.4, -0.2) is 34.2 Å². The van der Waals surface area contributed by atoms with Gasteiger partial charge in [-0.15, -0.1) is 5.10 Å². The van der Waals surface area contributed by atoms with Gasteiger partial charge in [0.15, 0.2) is 5.82 Å². The number of carbonyl (C=O) groups is 1. The Morgan fingerprint density at radius 2 is 2.00 bits per heavy atom. The molecular formula is C20H21N5O. The van der Waals surface area contributed by atoms with E-state index in [1.54, 1.807) is 6.20 Å². The van der Waals surface area contributed by atoms with E-state index < -0.39 is 0 Å². The third kappa shape index (κ3) is 3.49. The van der Waals surface area contributed by atoms with E-state index in [1.807, 2.05) is 49.4 Å². The lowest BCUT2D eigenvalue weighted by Gasteiger charge is -2.31. The largest absolute Gasteiger partial charge is 0.355 e. The van der Waals surface area contributed by atoms with Crippen LogP contribution in [-0.2, 0) is 4.79 Å². The number of aromatic nitrogens is 3. The molecule has 3 heterocycles. The van der Waals surface area contributed by atoms with Crippen molar-refractivity contribution in [3.63, 3.8) is 0 Å². The van der Waals surface area contributed by atoms with Crippen LogP contribution in [0, 0.1) is 12.8 Å². The quantitative estimate of drug-likeness (QED) is 0.788. The summed E-state index contributed by atoms with van der Waals surface area (Å²) < 4.78 is 0. The first-order valence-corrected chi connectivity index (χ1v) is 8.90. The van der Waals surface area contributed by atoms with E-state index in [2.05, 4.69) is 25.4 Å². The van der Waals surface area contributed by atoms with Gasteiger partial charge in [-0.1, -0.05) is 6.07 Å². The zero-order valence-electron chi connectivity index (χ0n) is 14.7. The maximum Gasteiger partial charge on any atom is 0.227 e. The molecule has 2 aromatic heterocycles. The molecule has 0 unspecified atom stereocenters. The first-order chi connectivity index (χ1) is 12.7. The highest BCUT2D eigenvalue weighted by atomic mass is 16.1. The van der Waals surface area contributed by atoms with Crippen molar-refractivity contribution in [3.8, 4) is 0 Å². The Hall–Kier alpha value is -3.02. The summed E-state index contributed by atoms with van der Waals surface area (Å²) in [6, 6.07) is 13.7. The molecule has 132 valence electrons. The third-order valence-electron chi connectivity index (χ3n) is 4.84. The predicted octanol–water partition coefficient (Wildman–Crippen LogP) is 3.19. The molecule has 6 nitrogen and oxygen atoms in total. The van der Waals surface area contributed by atoms with Crippen molar-refractivity contribution in [2.75, 3.05) is 23.3 Å². The fourth-order valence-electron chi connectivity index (χ4n) is 3.38. The second-order valence-corrected chi connectivity index (χ2v) is 6.69. The fraction of sp³-hybridized carbons (Fsp3) is 0.300. The molecule has 0 atom stereocenters. The molecule has 0 spiro atoms. The van der Waals surface area contributed by atoms with Gasteiger partial charge in [-0.05, 0) is 56.2 Å². The van der Waals surface area contributed by atoms with E-state index >= 15 is 0 Å². The van der Waals surface area contributed by atoms with Crippen molar-refractivity contribution >= 4 is 28.3 Å². The molecule has 0 saturated carbocycles. The highest BCUT2D eigenvalue weighted by Crippen LogP contribution is 2.24. The number of aryl methyl sites for hydroxylation is 1. The molecule has 3 aromatic rings. The van der Waals surface area contributed by atoms with Gasteiger partial charge >= 0.3 is 0 Å². The number of rotatable bonds is 3. The zero-order chi connectivity index (χ0) is 17.9. The number of fused-ring (bicyclic) bond motifs is 1. The Bertz CT molecular complexity index is 920. The van der Waals surface area contributed by atoms with Crippen LogP contribution in [0.25, 0.3) is 10.9 Å². The molecule has 0 bridgehead atoms. The van der Waals surface area contributed by atoms with Crippen LogP contribution in [0.3, 0.4) is 0 Å². The molecular weight excluding hydrogens is 326 g/mol. The molecule has 1 N–H and O–H groups in total. The maximum absolute atomic E-state index is 12.6. The molecule has 1 saturated heterocycles. The molecule has 26 heavy (non-hydrogen) atoms. The highest BCUT2D eigenvalue weighted by Gasteiger charge is 2.25. The lowest BCUT2D eigenvalue weighted by atomic mass is 9.95. The zero-order valence-corrected chi connectivity index (χ0v) is 14.7. The number of hydrogen-bond acceptors (Lipinski definition) is 5. The van der Waals surface area contributed by atoms with Crippen molar-refractivity contribution in [2.24, 2.45) is 5.92 Å². The number of pyridine rings is 1. The van der Waals surface area contributed by atoms with Crippen LogP contribution < -0.4 is 10.2 Å². The van der Waals surface area contributed by atoms with Gasteiger partial charge in [0.1, 0.15) is 0 Å². The monoisotopic (exact) mass is 347 g/mol. The summed E-state index contributed by atoms with van der Waals surface area (Å²) in [6.07, 6.45) is 3.30. The molecule has 1 amide bonds. The van der Waals surface area contributed by atoms with Gasteiger partial charge in [0.25, 0.3) is 0 Å². The van der Waals surface area contributed by atoms with Crippen LogP contribution in [0.2, 0.25) is 0 Å². The number of nitrogens with zero attached hydrogens (tertiary/aromatic N) is 4. The van der Waals surface area contributed by atoms with Gasteiger partial charge in [0.05, 0.1) is 5.52 Å². The molecule has 1 aromatic carbocycles. The smallest absolute Gasteiger partial charge is 0.227 e. The summed E-state index contributed by atoms with van der Waals surface area (Å²) in [7, 11) is 0. The fourth-order valence-corrected chi connectivity index (χ4v) is 3.38. The van der Waals surface area contributed by atoms with Crippen molar-refractivity contribution < 1.29 is 4.79 Å². The summed E-state index contributed by atoms with van der Waals surface area (Å²) in [4.78, 5) is 19.3. The second-order valence-electron chi connectivity index (χ2n) is 6.69. The van der Waals surface area contributed by atoms with E-state index in [-0.39, 0.29) is 11.8 Å². The number of benzene rings is 1. The Labute approximate surface area is 152 Å². The number of piperidine rings is 1. The van der Waals surface area contributed by atoms with Gasteiger partial charge in [-0.25, -0.2) is 0 Å². The number of nitrogens with one attached hydrogen (secondary N) is 1. The molecule has 0 radical (unpaired) electrons. The van der Waals surface area contributed by atoms with Crippen molar-refractivity contribution in [1.29, 1.82) is 0 Å². The minimum atomic E-state index is 0.0229. The molecule has 6 heteroatoms. The van der Waals surface area contributed by atoms with Gasteiger partial charge in [0.2, 0.25) is 5.91 Å². The predicted molar refractivity (Wildman–Crippen MR) is 102 cm³/mol.